The van der Waals surface area contributed by atoms with Crippen LogP contribution in [0.5, 0.6) is 0 Å². The Hall–Kier alpha value is -3.53. The third-order valence-corrected chi connectivity index (χ3v) is 8.61. The van der Waals surface area contributed by atoms with Crippen LogP contribution in [0.15, 0.2) is 54.2 Å². The number of fused-ring (bicyclic) bond motifs is 3. The first-order valence-electron chi connectivity index (χ1n) is 13.0. The number of anilines is 1. The number of aromatic nitrogens is 4. The van der Waals surface area contributed by atoms with E-state index in [0.29, 0.717) is 11.7 Å². The molecule has 37 heavy (non-hydrogen) atoms. The van der Waals surface area contributed by atoms with E-state index >= 15 is 0 Å². The van der Waals surface area contributed by atoms with E-state index in [4.69, 9.17) is 4.98 Å². The highest BCUT2D eigenvalue weighted by Crippen LogP contribution is 2.34. The molecule has 0 aliphatic carbocycles. The Bertz CT molecular complexity index is 1580. The van der Waals surface area contributed by atoms with Crippen molar-refractivity contribution in [3.63, 3.8) is 0 Å². The summed E-state index contributed by atoms with van der Waals surface area (Å²) in [6.07, 6.45) is 7.66. The van der Waals surface area contributed by atoms with Gasteiger partial charge in [-0.05, 0) is 54.8 Å². The van der Waals surface area contributed by atoms with Gasteiger partial charge >= 0.3 is 0 Å². The molecular formula is C28H29N7OS. The fourth-order valence-corrected chi connectivity index (χ4v) is 6.69. The second kappa shape index (κ2) is 9.41. The van der Waals surface area contributed by atoms with Crippen LogP contribution in [-0.2, 0) is 6.54 Å². The molecule has 1 atom stereocenters. The Morgan fingerprint density at radius 1 is 1.11 bits per heavy atom. The molecule has 2 saturated heterocycles. The van der Waals surface area contributed by atoms with Gasteiger partial charge in [0, 0.05) is 53.5 Å². The second-order valence-corrected chi connectivity index (χ2v) is 11.0. The number of piperidine rings is 1. The number of carbonyl (C=O) groups excluding carboxylic acids is 1. The summed E-state index contributed by atoms with van der Waals surface area (Å²) in [6, 6.07) is 13.0. The molecule has 0 spiro atoms. The maximum Gasteiger partial charge on any atom is 0.275 e. The van der Waals surface area contributed by atoms with Gasteiger partial charge in [0.15, 0.2) is 0 Å². The Labute approximate surface area is 218 Å². The lowest BCUT2D eigenvalue weighted by Gasteiger charge is -2.43. The van der Waals surface area contributed by atoms with E-state index in [9.17, 15) is 4.79 Å². The van der Waals surface area contributed by atoms with Gasteiger partial charge in [0.2, 0.25) is 0 Å². The summed E-state index contributed by atoms with van der Waals surface area (Å²) >= 11 is 1.57. The predicted octanol–water partition coefficient (Wildman–Crippen LogP) is 5.09. The molecular weight excluding hydrogens is 482 g/mol. The highest BCUT2D eigenvalue weighted by Gasteiger charge is 2.29. The van der Waals surface area contributed by atoms with Gasteiger partial charge in [-0.25, -0.2) is 4.98 Å². The lowest BCUT2D eigenvalue weighted by Crippen LogP contribution is -2.54. The normalized spacial score (nSPS) is 18.9. The van der Waals surface area contributed by atoms with E-state index in [1.807, 2.05) is 23.7 Å². The molecule has 8 nitrogen and oxygen atoms in total. The van der Waals surface area contributed by atoms with Crippen molar-refractivity contribution < 1.29 is 4.79 Å². The number of nitrogens with one attached hydrogen (secondary N) is 3. The number of nitrogens with zero attached hydrogens (tertiary/aromatic N) is 4. The minimum absolute atomic E-state index is 0.195. The highest BCUT2D eigenvalue weighted by molar-refractivity contribution is 7.09. The summed E-state index contributed by atoms with van der Waals surface area (Å²) in [6.45, 7) is 5.35. The minimum atomic E-state index is -0.195. The van der Waals surface area contributed by atoms with Crippen molar-refractivity contribution in [1.29, 1.82) is 0 Å². The molecule has 2 aliphatic rings. The second-order valence-electron chi connectivity index (χ2n) is 10.1. The number of aromatic amines is 2. The molecule has 9 heteroatoms. The zero-order chi connectivity index (χ0) is 24.8. The third-order valence-electron chi connectivity index (χ3n) is 7.78. The van der Waals surface area contributed by atoms with Gasteiger partial charge in [0.1, 0.15) is 10.7 Å². The molecule has 3 aromatic heterocycles. The average Bonchev–Trinajstić information content (AvgIpc) is 3.69. The van der Waals surface area contributed by atoms with Gasteiger partial charge in [0.25, 0.3) is 5.91 Å². The van der Waals surface area contributed by atoms with Crippen molar-refractivity contribution in [2.75, 3.05) is 31.5 Å². The number of rotatable bonds is 5. The molecule has 2 aromatic carbocycles. The van der Waals surface area contributed by atoms with Crippen LogP contribution >= 0.6 is 11.3 Å². The van der Waals surface area contributed by atoms with Crippen LogP contribution in [0.4, 0.5) is 5.69 Å². The summed E-state index contributed by atoms with van der Waals surface area (Å²) in [7, 11) is 0. The molecule has 1 amide bonds. The Balaban J connectivity index is 1.11. The molecule has 188 valence electrons. The van der Waals surface area contributed by atoms with Crippen molar-refractivity contribution >= 4 is 44.7 Å². The van der Waals surface area contributed by atoms with Crippen molar-refractivity contribution in [2.45, 2.75) is 31.8 Å². The van der Waals surface area contributed by atoms with Crippen LogP contribution in [0.1, 0.15) is 34.8 Å². The van der Waals surface area contributed by atoms with Gasteiger partial charge in [0.05, 0.1) is 23.9 Å². The summed E-state index contributed by atoms with van der Waals surface area (Å²) in [5, 5.41) is 15.3. The van der Waals surface area contributed by atoms with Gasteiger partial charge in [-0.3, -0.25) is 19.7 Å². The summed E-state index contributed by atoms with van der Waals surface area (Å²) < 4.78 is 0. The fourth-order valence-electron chi connectivity index (χ4n) is 5.88. The Morgan fingerprint density at radius 2 is 2.08 bits per heavy atom. The summed E-state index contributed by atoms with van der Waals surface area (Å²) in [5.74, 6) is -0.195. The number of thiazole rings is 1. The molecule has 5 aromatic rings. The van der Waals surface area contributed by atoms with E-state index in [1.54, 1.807) is 17.5 Å². The molecule has 7 rings (SSSR count). The first kappa shape index (κ1) is 22.7. The van der Waals surface area contributed by atoms with E-state index in [-0.39, 0.29) is 5.91 Å². The average molecular weight is 512 g/mol. The van der Waals surface area contributed by atoms with E-state index < -0.39 is 0 Å². The number of H-pyrrole nitrogens is 2. The number of hydrogen-bond donors (Lipinski definition) is 3. The van der Waals surface area contributed by atoms with Crippen LogP contribution in [0, 0.1) is 0 Å². The Morgan fingerprint density at radius 3 is 3.05 bits per heavy atom. The van der Waals surface area contributed by atoms with Crippen LogP contribution < -0.4 is 5.32 Å². The van der Waals surface area contributed by atoms with Gasteiger partial charge < -0.3 is 10.3 Å². The highest BCUT2D eigenvalue weighted by atomic mass is 32.1. The standard InChI is InChI=1S/C28H29N7OS/c36-28(26-17-37-27(31-26)16-34-10-11-35-9-2-1-4-19(35)15-34)32-24-12-18(13-25-22(24)14-30-33-25)20-5-3-6-23-21(20)7-8-29-23/h3,5-8,12-14,17,19,29H,1-2,4,9-11,15-16H2,(H,30,33)(H,32,36). The van der Waals surface area contributed by atoms with Crippen LogP contribution in [0.3, 0.4) is 0 Å². The molecule has 2 fully saturated rings. The number of benzene rings is 2. The van der Waals surface area contributed by atoms with E-state index in [2.05, 4.69) is 54.6 Å². The predicted molar refractivity (Wildman–Crippen MR) is 148 cm³/mol. The van der Waals surface area contributed by atoms with Crippen molar-refractivity contribution in [3.8, 4) is 11.1 Å². The number of hydrogen-bond acceptors (Lipinski definition) is 6. The summed E-state index contributed by atoms with van der Waals surface area (Å²) in [4.78, 5) is 26.4. The SMILES string of the molecule is O=C(Nc1cc(-c2cccc3[nH]ccc23)cc2[nH]ncc12)c1csc(CN2CCN3CCCCC3C2)n1. The van der Waals surface area contributed by atoms with Gasteiger partial charge in [-0.2, -0.15) is 5.10 Å². The maximum atomic E-state index is 13.3. The number of piperazine rings is 1. The van der Waals surface area contributed by atoms with Gasteiger partial charge in [-0.1, -0.05) is 18.6 Å². The van der Waals surface area contributed by atoms with Crippen molar-refractivity contribution in [1.82, 2.24) is 30.0 Å². The molecule has 0 saturated carbocycles. The van der Waals surface area contributed by atoms with Crippen molar-refractivity contribution in [3.05, 3.63) is 64.9 Å². The van der Waals surface area contributed by atoms with Crippen LogP contribution in [-0.4, -0.2) is 68.1 Å². The zero-order valence-corrected chi connectivity index (χ0v) is 21.4. The van der Waals surface area contributed by atoms with Crippen LogP contribution in [0.2, 0.25) is 0 Å². The fraction of sp³-hybridized carbons (Fsp3) is 0.321. The Kier molecular flexibility index (Phi) is 5.76. The quantitative estimate of drug-likeness (QED) is 0.306. The molecule has 2 aliphatic heterocycles. The molecule has 3 N–H and O–H groups in total. The van der Waals surface area contributed by atoms with Gasteiger partial charge in [-0.15, -0.1) is 11.3 Å². The third kappa shape index (κ3) is 4.33. The first-order chi connectivity index (χ1) is 18.2. The molecule has 0 bridgehead atoms. The van der Waals surface area contributed by atoms with E-state index in [0.717, 1.165) is 69.8 Å². The monoisotopic (exact) mass is 511 g/mol. The first-order valence-corrected chi connectivity index (χ1v) is 13.8. The lowest BCUT2D eigenvalue weighted by molar-refractivity contribution is 0.0456. The topological polar surface area (TPSA) is 92.9 Å². The minimum Gasteiger partial charge on any atom is -0.361 e. The molecule has 0 radical (unpaired) electrons. The smallest absolute Gasteiger partial charge is 0.275 e. The van der Waals surface area contributed by atoms with Crippen LogP contribution in [0.25, 0.3) is 32.9 Å². The van der Waals surface area contributed by atoms with Crippen molar-refractivity contribution in [2.24, 2.45) is 0 Å². The zero-order valence-electron chi connectivity index (χ0n) is 20.5. The maximum absolute atomic E-state index is 13.3. The molecule has 5 heterocycles. The molecule has 1 unspecified atom stereocenters. The van der Waals surface area contributed by atoms with E-state index in [1.165, 1.54) is 25.8 Å². The number of carbonyl (C=O) groups is 1. The lowest BCUT2D eigenvalue weighted by atomic mass is 9.99. The number of amides is 1. The largest absolute Gasteiger partial charge is 0.361 e. The summed E-state index contributed by atoms with van der Waals surface area (Å²) in [5.41, 5.74) is 5.25.